The fraction of sp³-hybridized carbons (Fsp3) is 0.227. The highest BCUT2D eigenvalue weighted by atomic mass is 16.1. The number of primary amides is 1. The Morgan fingerprint density at radius 1 is 1.00 bits per heavy atom. The number of benzene rings is 1. The van der Waals surface area contributed by atoms with E-state index in [9.17, 15) is 4.79 Å². The Morgan fingerprint density at radius 3 is 2.11 bits per heavy atom. The molecule has 0 saturated carbocycles. The van der Waals surface area contributed by atoms with E-state index in [2.05, 4.69) is 15.3 Å². The second-order valence-corrected chi connectivity index (χ2v) is 6.96. The zero-order valence-corrected chi connectivity index (χ0v) is 16.2. The largest absolute Gasteiger partial charge is 0.378 e. The van der Waals surface area contributed by atoms with Gasteiger partial charge in [-0.1, -0.05) is 24.3 Å². The van der Waals surface area contributed by atoms with Crippen molar-refractivity contribution in [2.75, 3.05) is 19.0 Å². The van der Waals surface area contributed by atoms with Gasteiger partial charge < -0.3 is 10.6 Å². The fourth-order valence-electron chi connectivity index (χ4n) is 3.19. The third-order valence-electron chi connectivity index (χ3n) is 4.81. The molecule has 0 bridgehead atoms. The predicted molar refractivity (Wildman–Crippen MR) is 111 cm³/mol. The van der Waals surface area contributed by atoms with Gasteiger partial charge in [0.2, 0.25) is 5.91 Å². The van der Waals surface area contributed by atoms with Crippen LogP contribution < -0.4 is 16.0 Å². The lowest BCUT2D eigenvalue weighted by Crippen LogP contribution is -2.54. The van der Waals surface area contributed by atoms with E-state index in [-0.39, 0.29) is 0 Å². The number of rotatable bonds is 8. The number of pyridine rings is 2. The predicted octanol–water partition coefficient (Wildman–Crippen LogP) is 2.26. The van der Waals surface area contributed by atoms with Gasteiger partial charge in [0, 0.05) is 57.5 Å². The van der Waals surface area contributed by atoms with Gasteiger partial charge in [-0.2, -0.15) is 0 Å². The standard InChI is InChI=1S/C22H25N5O/c1-27(2)20-9-7-19(8-10-20)22(21(23)28,13-17-5-3-11-24-14-17)26-16-18-6-4-12-25-15-18/h3-12,14-15,26H,13,16H2,1-2H3,(H2,23,28). The van der Waals surface area contributed by atoms with Crippen molar-refractivity contribution in [3.05, 3.63) is 90.0 Å². The molecular formula is C22H25N5O. The quantitative estimate of drug-likeness (QED) is 0.631. The summed E-state index contributed by atoms with van der Waals surface area (Å²) in [6, 6.07) is 15.5. The van der Waals surface area contributed by atoms with E-state index in [4.69, 9.17) is 5.73 Å². The summed E-state index contributed by atoms with van der Waals surface area (Å²) in [6.45, 7) is 0.465. The van der Waals surface area contributed by atoms with Crippen molar-refractivity contribution in [1.29, 1.82) is 0 Å². The summed E-state index contributed by atoms with van der Waals surface area (Å²) in [5.41, 5.74) is 8.67. The van der Waals surface area contributed by atoms with Crippen molar-refractivity contribution in [2.24, 2.45) is 5.73 Å². The average molecular weight is 375 g/mol. The highest BCUT2D eigenvalue weighted by Gasteiger charge is 2.38. The molecule has 144 valence electrons. The molecule has 28 heavy (non-hydrogen) atoms. The number of amides is 1. The zero-order valence-electron chi connectivity index (χ0n) is 16.2. The smallest absolute Gasteiger partial charge is 0.242 e. The van der Waals surface area contributed by atoms with Crippen molar-refractivity contribution in [2.45, 2.75) is 18.5 Å². The molecule has 3 aromatic rings. The molecule has 1 atom stereocenters. The first-order valence-corrected chi connectivity index (χ1v) is 9.12. The Kier molecular flexibility index (Phi) is 6.01. The molecule has 1 unspecified atom stereocenters. The van der Waals surface area contributed by atoms with Crippen molar-refractivity contribution < 1.29 is 4.79 Å². The van der Waals surface area contributed by atoms with Crippen LogP contribution in [0.1, 0.15) is 16.7 Å². The van der Waals surface area contributed by atoms with E-state index in [1.165, 1.54) is 0 Å². The molecule has 1 amide bonds. The summed E-state index contributed by atoms with van der Waals surface area (Å²) >= 11 is 0. The van der Waals surface area contributed by atoms with Gasteiger partial charge in [0.1, 0.15) is 5.54 Å². The topological polar surface area (TPSA) is 84.1 Å². The van der Waals surface area contributed by atoms with Gasteiger partial charge in [-0.25, -0.2) is 0 Å². The molecule has 2 aromatic heterocycles. The Labute approximate surface area is 165 Å². The van der Waals surface area contributed by atoms with Crippen molar-refractivity contribution in [1.82, 2.24) is 15.3 Å². The summed E-state index contributed by atoms with van der Waals surface area (Å²) in [4.78, 5) is 23.1. The molecular weight excluding hydrogens is 350 g/mol. The van der Waals surface area contributed by atoms with Gasteiger partial charge in [0.25, 0.3) is 0 Å². The second-order valence-electron chi connectivity index (χ2n) is 6.96. The highest BCUT2D eigenvalue weighted by molar-refractivity contribution is 5.86. The maximum absolute atomic E-state index is 12.8. The lowest BCUT2D eigenvalue weighted by atomic mass is 9.83. The van der Waals surface area contributed by atoms with Gasteiger partial charge >= 0.3 is 0 Å². The van der Waals surface area contributed by atoms with E-state index < -0.39 is 11.4 Å². The molecule has 0 fully saturated rings. The third kappa shape index (κ3) is 4.35. The number of hydrogen-bond acceptors (Lipinski definition) is 5. The number of carbonyl (C=O) groups is 1. The summed E-state index contributed by atoms with van der Waals surface area (Å²) in [6.07, 6.45) is 7.37. The van der Waals surface area contributed by atoms with E-state index >= 15 is 0 Å². The first-order valence-electron chi connectivity index (χ1n) is 9.12. The van der Waals surface area contributed by atoms with Gasteiger partial charge in [-0.15, -0.1) is 0 Å². The Morgan fingerprint density at radius 2 is 1.61 bits per heavy atom. The van der Waals surface area contributed by atoms with E-state index in [1.54, 1.807) is 24.8 Å². The Balaban J connectivity index is 2.00. The molecule has 0 spiro atoms. The number of nitrogens with one attached hydrogen (secondary N) is 1. The van der Waals surface area contributed by atoms with Crippen molar-refractivity contribution >= 4 is 11.6 Å². The van der Waals surface area contributed by atoms with Crippen LogP contribution in [0.5, 0.6) is 0 Å². The normalized spacial score (nSPS) is 12.9. The monoisotopic (exact) mass is 375 g/mol. The minimum Gasteiger partial charge on any atom is -0.378 e. The van der Waals surface area contributed by atoms with E-state index in [0.717, 1.165) is 22.4 Å². The van der Waals surface area contributed by atoms with Crippen LogP contribution in [0.3, 0.4) is 0 Å². The molecule has 0 saturated heterocycles. The van der Waals surface area contributed by atoms with Crippen LogP contribution >= 0.6 is 0 Å². The average Bonchev–Trinajstić information content (AvgIpc) is 2.72. The molecule has 6 heteroatoms. The van der Waals surface area contributed by atoms with Gasteiger partial charge in [0.15, 0.2) is 0 Å². The summed E-state index contributed by atoms with van der Waals surface area (Å²) in [7, 11) is 3.96. The third-order valence-corrected chi connectivity index (χ3v) is 4.81. The molecule has 2 heterocycles. The Bertz CT molecular complexity index is 897. The molecule has 0 radical (unpaired) electrons. The molecule has 3 N–H and O–H groups in total. The number of carbonyl (C=O) groups excluding carboxylic acids is 1. The van der Waals surface area contributed by atoms with Crippen LogP contribution in [0.2, 0.25) is 0 Å². The zero-order chi connectivity index (χ0) is 20.0. The lowest BCUT2D eigenvalue weighted by Gasteiger charge is -2.33. The van der Waals surface area contributed by atoms with Gasteiger partial charge in [0.05, 0.1) is 0 Å². The number of aromatic nitrogens is 2. The number of nitrogens with two attached hydrogens (primary N) is 1. The van der Waals surface area contributed by atoms with Gasteiger partial charge in [-0.05, 0) is 41.0 Å². The number of nitrogens with zero attached hydrogens (tertiary/aromatic N) is 3. The maximum atomic E-state index is 12.8. The Hall–Kier alpha value is -3.25. The first-order chi connectivity index (χ1) is 13.5. The molecule has 0 aliphatic rings. The molecule has 0 aliphatic heterocycles. The maximum Gasteiger partial charge on any atom is 0.242 e. The summed E-state index contributed by atoms with van der Waals surface area (Å²) < 4.78 is 0. The fourth-order valence-corrected chi connectivity index (χ4v) is 3.19. The molecule has 1 aromatic carbocycles. The van der Waals surface area contributed by atoms with Crippen LogP contribution in [0.15, 0.2) is 73.3 Å². The van der Waals surface area contributed by atoms with Crippen molar-refractivity contribution in [3.63, 3.8) is 0 Å². The first kappa shape index (κ1) is 19.5. The van der Waals surface area contributed by atoms with E-state index in [1.807, 2.05) is 67.5 Å². The molecule has 3 rings (SSSR count). The van der Waals surface area contributed by atoms with Crippen LogP contribution in [0, 0.1) is 0 Å². The minimum absolute atomic E-state index is 0.401. The van der Waals surface area contributed by atoms with E-state index in [0.29, 0.717) is 13.0 Å². The minimum atomic E-state index is -1.07. The van der Waals surface area contributed by atoms with Crippen LogP contribution in [-0.4, -0.2) is 30.0 Å². The number of anilines is 1. The highest BCUT2D eigenvalue weighted by Crippen LogP contribution is 2.28. The lowest BCUT2D eigenvalue weighted by molar-refractivity contribution is -0.125. The summed E-state index contributed by atoms with van der Waals surface area (Å²) in [5, 5.41) is 3.41. The van der Waals surface area contributed by atoms with Crippen LogP contribution in [0.25, 0.3) is 0 Å². The second kappa shape index (κ2) is 8.63. The molecule has 6 nitrogen and oxygen atoms in total. The van der Waals surface area contributed by atoms with Gasteiger partial charge in [-0.3, -0.25) is 20.1 Å². The SMILES string of the molecule is CN(C)c1ccc(C(Cc2cccnc2)(NCc2cccnc2)C(N)=O)cc1. The van der Waals surface area contributed by atoms with Crippen molar-refractivity contribution in [3.8, 4) is 0 Å². The number of hydrogen-bond donors (Lipinski definition) is 2. The van der Waals surface area contributed by atoms with Crippen LogP contribution in [0.4, 0.5) is 5.69 Å². The van der Waals surface area contributed by atoms with Crippen LogP contribution in [-0.2, 0) is 23.3 Å². The summed E-state index contributed by atoms with van der Waals surface area (Å²) in [5.74, 6) is -0.433. The molecule has 0 aliphatic carbocycles.